The summed E-state index contributed by atoms with van der Waals surface area (Å²) in [5, 5.41) is 0.522. The largest absolute Gasteiger partial charge is 0.496 e. The van der Waals surface area contributed by atoms with E-state index in [9.17, 15) is 4.79 Å². The Labute approximate surface area is 120 Å². The number of rotatable bonds is 5. The van der Waals surface area contributed by atoms with Crippen LogP contribution in [0.4, 0.5) is 0 Å². The highest BCUT2D eigenvalue weighted by molar-refractivity contribution is 6.31. The van der Waals surface area contributed by atoms with Crippen LogP contribution >= 0.6 is 11.6 Å². The topological polar surface area (TPSA) is 52.3 Å². The average molecular weight is 284 g/mol. The predicted octanol–water partition coefficient (Wildman–Crippen LogP) is 3.68. The highest BCUT2D eigenvalue weighted by Crippen LogP contribution is 2.26. The Morgan fingerprint density at radius 3 is 2.58 bits per heavy atom. The second-order valence-electron chi connectivity index (χ2n) is 6.00. The summed E-state index contributed by atoms with van der Waals surface area (Å²) in [6.07, 6.45) is 1.09. The van der Waals surface area contributed by atoms with E-state index in [1.807, 2.05) is 0 Å². The van der Waals surface area contributed by atoms with Crippen LogP contribution in [0.3, 0.4) is 0 Å². The van der Waals surface area contributed by atoms with Crippen molar-refractivity contribution < 1.29 is 9.53 Å². The number of carbonyl (C=O) groups excluding carboxylic acids is 1. The SMILES string of the molecule is COc1ccc(Cl)cc1C(=O)CC(N)CC(C)(C)C. The van der Waals surface area contributed by atoms with Crippen molar-refractivity contribution in [3.05, 3.63) is 28.8 Å². The maximum atomic E-state index is 12.3. The number of carbonyl (C=O) groups is 1. The zero-order valence-corrected chi connectivity index (χ0v) is 12.8. The summed E-state index contributed by atoms with van der Waals surface area (Å²) >= 11 is 5.92. The van der Waals surface area contributed by atoms with E-state index in [0.717, 1.165) is 6.42 Å². The highest BCUT2D eigenvalue weighted by Gasteiger charge is 2.20. The van der Waals surface area contributed by atoms with E-state index >= 15 is 0 Å². The average Bonchev–Trinajstić information content (AvgIpc) is 2.26. The lowest BCUT2D eigenvalue weighted by Gasteiger charge is -2.22. The zero-order chi connectivity index (χ0) is 14.6. The Morgan fingerprint density at radius 1 is 1.42 bits per heavy atom. The van der Waals surface area contributed by atoms with Gasteiger partial charge in [0.05, 0.1) is 12.7 Å². The summed E-state index contributed by atoms with van der Waals surface area (Å²) in [6.45, 7) is 6.33. The standard InChI is InChI=1S/C15H22ClNO2/c1-15(2,3)9-11(17)8-13(18)12-7-10(16)5-6-14(12)19-4/h5-7,11H,8-9,17H2,1-4H3. The molecule has 1 rings (SSSR count). The van der Waals surface area contributed by atoms with Gasteiger partial charge >= 0.3 is 0 Å². The molecule has 0 aliphatic carbocycles. The number of hydrogen-bond donors (Lipinski definition) is 1. The number of hydrogen-bond acceptors (Lipinski definition) is 3. The number of benzene rings is 1. The van der Waals surface area contributed by atoms with Crippen LogP contribution in [0.5, 0.6) is 5.75 Å². The van der Waals surface area contributed by atoms with Crippen molar-refractivity contribution in [2.24, 2.45) is 11.1 Å². The Morgan fingerprint density at radius 2 is 2.05 bits per heavy atom. The fourth-order valence-corrected chi connectivity index (χ4v) is 2.28. The van der Waals surface area contributed by atoms with Gasteiger partial charge in [-0.3, -0.25) is 4.79 Å². The summed E-state index contributed by atoms with van der Waals surface area (Å²) in [4.78, 5) is 12.3. The third-order valence-electron chi connectivity index (χ3n) is 2.78. The Bertz CT molecular complexity index is 452. The smallest absolute Gasteiger partial charge is 0.168 e. The summed E-state index contributed by atoms with van der Waals surface area (Å²) in [7, 11) is 1.54. The normalized spacial score (nSPS) is 13.2. The fourth-order valence-electron chi connectivity index (χ4n) is 2.10. The number of Topliss-reactive ketones (excluding diaryl/α,β-unsaturated/α-hetero) is 1. The zero-order valence-electron chi connectivity index (χ0n) is 12.0. The molecule has 0 amide bonds. The Hall–Kier alpha value is -1.06. The van der Waals surface area contributed by atoms with Crippen LogP contribution in [0.15, 0.2) is 18.2 Å². The molecule has 0 fully saturated rings. The number of methoxy groups -OCH3 is 1. The third kappa shape index (κ3) is 5.21. The molecule has 0 radical (unpaired) electrons. The van der Waals surface area contributed by atoms with Gasteiger partial charge in [-0.2, -0.15) is 0 Å². The molecule has 19 heavy (non-hydrogen) atoms. The molecule has 0 aliphatic rings. The molecule has 0 spiro atoms. The lowest BCUT2D eigenvalue weighted by molar-refractivity contribution is 0.0965. The monoisotopic (exact) mass is 283 g/mol. The van der Waals surface area contributed by atoms with Crippen LogP contribution in [0, 0.1) is 5.41 Å². The van der Waals surface area contributed by atoms with Gasteiger partial charge in [-0.15, -0.1) is 0 Å². The molecule has 1 aromatic rings. The summed E-state index contributed by atoms with van der Waals surface area (Å²) in [5.41, 5.74) is 6.64. The molecule has 1 unspecified atom stereocenters. The summed E-state index contributed by atoms with van der Waals surface area (Å²) in [5.74, 6) is 0.508. The van der Waals surface area contributed by atoms with E-state index < -0.39 is 0 Å². The van der Waals surface area contributed by atoms with E-state index in [1.165, 1.54) is 7.11 Å². The molecule has 0 aromatic heterocycles. The van der Waals surface area contributed by atoms with Crippen molar-refractivity contribution in [1.29, 1.82) is 0 Å². The van der Waals surface area contributed by atoms with Gasteiger partial charge in [-0.05, 0) is 30.0 Å². The fraction of sp³-hybridized carbons (Fsp3) is 0.533. The molecule has 1 aromatic carbocycles. The van der Waals surface area contributed by atoms with Crippen molar-refractivity contribution in [3.63, 3.8) is 0 Å². The Kier molecular flexibility index (Phi) is 5.39. The van der Waals surface area contributed by atoms with Crippen LogP contribution in [0.25, 0.3) is 0 Å². The van der Waals surface area contributed by atoms with Gasteiger partial charge < -0.3 is 10.5 Å². The van der Waals surface area contributed by atoms with Crippen molar-refractivity contribution in [3.8, 4) is 5.75 Å². The lowest BCUT2D eigenvalue weighted by Crippen LogP contribution is -2.29. The van der Waals surface area contributed by atoms with E-state index in [0.29, 0.717) is 22.8 Å². The highest BCUT2D eigenvalue weighted by atomic mass is 35.5. The maximum absolute atomic E-state index is 12.3. The van der Waals surface area contributed by atoms with Crippen molar-refractivity contribution in [2.45, 2.75) is 39.7 Å². The molecular formula is C15H22ClNO2. The van der Waals surface area contributed by atoms with Gasteiger partial charge in [-0.25, -0.2) is 0 Å². The molecule has 1 atom stereocenters. The third-order valence-corrected chi connectivity index (χ3v) is 3.02. The van der Waals surface area contributed by atoms with Gasteiger partial charge in [0.25, 0.3) is 0 Å². The van der Waals surface area contributed by atoms with Crippen LogP contribution in [-0.2, 0) is 0 Å². The predicted molar refractivity (Wildman–Crippen MR) is 79.0 cm³/mol. The summed E-state index contributed by atoms with van der Waals surface area (Å²) < 4.78 is 5.18. The molecule has 0 heterocycles. The molecule has 2 N–H and O–H groups in total. The minimum absolute atomic E-state index is 0.0314. The van der Waals surface area contributed by atoms with Gasteiger partial charge in [0.15, 0.2) is 5.78 Å². The van der Waals surface area contributed by atoms with Crippen LogP contribution in [-0.4, -0.2) is 18.9 Å². The van der Waals surface area contributed by atoms with E-state index in [1.54, 1.807) is 18.2 Å². The number of halogens is 1. The van der Waals surface area contributed by atoms with Crippen molar-refractivity contribution in [2.75, 3.05) is 7.11 Å². The molecule has 0 bridgehead atoms. The number of ether oxygens (including phenoxy) is 1. The second-order valence-corrected chi connectivity index (χ2v) is 6.43. The van der Waals surface area contributed by atoms with Crippen molar-refractivity contribution in [1.82, 2.24) is 0 Å². The van der Waals surface area contributed by atoms with Crippen LogP contribution < -0.4 is 10.5 Å². The maximum Gasteiger partial charge on any atom is 0.168 e. The number of nitrogens with two attached hydrogens (primary N) is 1. The molecule has 0 saturated carbocycles. The lowest BCUT2D eigenvalue weighted by atomic mass is 9.86. The van der Waals surface area contributed by atoms with Gasteiger partial charge in [0.1, 0.15) is 5.75 Å². The van der Waals surface area contributed by atoms with Gasteiger partial charge in [0, 0.05) is 17.5 Å². The molecule has 0 saturated heterocycles. The second kappa shape index (κ2) is 6.40. The number of ketones is 1. The first-order valence-electron chi connectivity index (χ1n) is 6.35. The summed E-state index contributed by atoms with van der Waals surface area (Å²) in [6, 6.07) is 4.88. The minimum atomic E-state index is -0.156. The van der Waals surface area contributed by atoms with E-state index in [-0.39, 0.29) is 17.2 Å². The van der Waals surface area contributed by atoms with Crippen LogP contribution in [0.2, 0.25) is 5.02 Å². The molecule has 4 heteroatoms. The first-order chi connectivity index (χ1) is 8.73. The first kappa shape index (κ1) is 16.0. The first-order valence-corrected chi connectivity index (χ1v) is 6.73. The van der Waals surface area contributed by atoms with E-state index in [2.05, 4.69) is 20.8 Å². The van der Waals surface area contributed by atoms with E-state index in [4.69, 9.17) is 22.1 Å². The molecule has 3 nitrogen and oxygen atoms in total. The van der Waals surface area contributed by atoms with Gasteiger partial charge in [-0.1, -0.05) is 32.4 Å². The molecular weight excluding hydrogens is 262 g/mol. The van der Waals surface area contributed by atoms with Crippen LogP contribution in [0.1, 0.15) is 44.0 Å². The quantitative estimate of drug-likeness (QED) is 0.839. The Balaban J connectivity index is 2.81. The molecule has 0 aliphatic heterocycles. The van der Waals surface area contributed by atoms with Crippen molar-refractivity contribution >= 4 is 17.4 Å². The minimum Gasteiger partial charge on any atom is -0.496 e. The molecule has 106 valence electrons. The van der Waals surface area contributed by atoms with Gasteiger partial charge in [0.2, 0.25) is 0 Å².